The molecule has 0 spiro atoms. The van der Waals surface area contributed by atoms with E-state index in [2.05, 4.69) is 30.5 Å². The minimum absolute atomic E-state index is 0.0561. The average molecular weight is 479 g/mol. The molecule has 0 saturated carbocycles. The van der Waals surface area contributed by atoms with E-state index in [4.69, 9.17) is 0 Å². The molecule has 2 N–H and O–H groups in total. The summed E-state index contributed by atoms with van der Waals surface area (Å²) in [6, 6.07) is 16.0. The summed E-state index contributed by atoms with van der Waals surface area (Å²) in [5.74, 6) is -0.203. The van der Waals surface area contributed by atoms with Crippen molar-refractivity contribution < 1.29 is 18.3 Å². The average Bonchev–Trinajstić information content (AvgIpc) is 2.75. The fraction of sp³-hybridized carbons (Fsp3) is 0.333. The van der Waals surface area contributed by atoms with Crippen LogP contribution in [0.1, 0.15) is 57.4 Å². The summed E-state index contributed by atoms with van der Waals surface area (Å²) < 4.78 is 25.6. The van der Waals surface area contributed by atoms with Gasteiger partial charge in [-0.05, 0) is 55.0 Å². The van der Waals surface area contributed by atoms with Gasteiger partial charge in [-0.1, -0.05) is 51.1 Å². The third-order valence-electron chi connectivity index (χ3n) is 6.37. The van der Waals surface area contributed by atoms with Crippen molar-refractivity contribution in [3.8, 4) is 0 Å². The van der Waals surface area contributed by atoms with Crippen molar-refractivity contribution in [1.82, 2.24) is 4.98 Å². The van der Waals surface area contributed by atoms with E-state index in [1.165, 1.54) is 0 Å². The van der Waals surface area contributed by atoms with Crippen LogP contribution in [0.15, 0.2) is 54.6 Å². The number of aliphatic hydroxyl groups is 1. The molecule has 34 heavy (non-hydrogen) atoms. The van der Waals surface area contributed by atoms with E-state index in [-0.39, 0.29) is 22.5 Å². The van der Waals surface area contributed by atoms with Crippen molar-refractivity contribution in [2.45, 2.75) is 46.0 Å². The van der Waals surface area contributed by atoms with E-state index < -0.39 is 15.4 Å². The summed E-state index contributed by atoms with van der Waals surface area (Å²) in [7, 11) is -3.40. The van der Waals surface area contributed by atoms with E-state index in [9.17, 15) is 18.3 Å². The van der Waals surface area contributed by atoms with Crippen LogP contribution in [-0.2, 0) is 20.2 Å². The SMILES string of the molecule is CC(C)(C)CC[C@@]1(C)C(=O)C(c2ccc3cc(NS(C)(=O)=O)ccc3n2)=C(O)c2ccccc21. The molecule has 1 heterocycles. The number of aliphatic hydroxyl groups excluding tert-OH is 1. The number of ketones is 1. The van der Waals surface area contributed by atoms with Crippen LogP contribution < -0.4 is 4.72 Å². The third-order valence-corrected chi connectivity index (χ3v) is 6.97. The van der Waals surface area contributed by atoms with Crippen molar-refractivity contribution in [1.29, 1.82) is 0 Å². The highest BCUT2D eigenvalue weighted by Crippen LogP contribution is 2.46. The van der Waals surface area contributed by atoms with Crippen molar-refractivity contribution in [3.05, 3.63) is 71.4 Å². The topological polar surface area (TPSA) is 96.4 Å². The first-order valence-corrected chi connectivity index (χ1v) is 13.1. The number of hydrogen-bond donors (Lipinski definition) is 2. The first-order valence-electron chi connectivity index (χ1n) is 11.3. The van der Waals surface area contributed by atoms with E-state index in [1.807, 2.05) is 31.2 Å². The van der Waals surface area contributed by atoms with Crippen LogP contribution in [0.3, 0.4) is 0 Å². The molecule has 0 saturated heterocycles. The second-order valence-corrected chi connectivity index (χ2v) is 12.2. The zero-order valence-electron chi connectivity index (χ0n) is 20.1. The normalized spacial score (nSPS) is 18.8. The molecule has 4 rings (SSSR count). The fourth-order valence-electron chi connectivity index (χ4n) is 4.46. The molecule has 0 fully saturated rings. The second-order valence-electron chi connectivity index (χ2n) is 10.5. The number of fused-ring (bicyclic) bond motifs is 2. The van der Waals surface area contributed by atoms with Crippen LogP contribution in [0.5, 0.6) is 0 Å². The van der Waals surface area contributed by atoms with E-state index >= 15 is 0 Å². The van der Waals surface area contributed by atoms with Gasteiger partial charge < -0.3 is 5.11 Å². The van der Waals surface area contributed by atoms with Gasteiger partial charge in [0.05, 0.1) is 28.5 Å². The highest BCUT2D eigenvalue weighted by molar-refractivity contribution is 7.92. The molecular weight excluding hydrogens is 448 g/mol. The molecule has 0 radical (unpaired) electrons. The van der Waals surface area contributed by atoms with Gasteiger partial charge in [0.25, 0.3) is 0 Å². The number of sulfonamides is 1. The number of nitrogens with zero attached hydrogens (tertiary/aromatic N) is 1. The van der Waals surface area contributed by atoms with Crippen LogP contribution in [0.4, 0.5) is 5.69 Å². The van der Waals surface area contributed by atoms with Gasteiger partial charge in [0.2, 0.25) is 10.0 Å². The lowest BCUT2D eigenvalue weighted by atomic mass is 9.65. The molecule has 0 aliphatic heterocycles. The van der Waals surface area contributed by atoms with Gasteiger partial charge >= 0.3 is 0 Å². The van der Waals surface area contributed by atoms with Crippen LogP contribution in [-0.4, -0.2) is 30.5 Å². The maximum Gasteiger partial charge on any atom is 0.229 e. The summed E-state index contributed by atoms with van der Waals surface area (Å²) in [4.78, 5) is 18.6. The summed E-state index contributed by atoms with van der Waals surface area (Å²) in [5.41, 5.74) is 2.41. The number of hydrogen-bond acceptors (Lipinski definition) is 5. The fourth-order valence-corrected chi connectivity index (χ4v) is 5.02. The Morgan fingerprint density at radius 3 is 2.44 bits per heavy atom. The lowest BCUT2D eigenvalue weighted by molar-refractivity contribution is -0.119. The predicted octanol–water partition coefficient (Wildman–Crippen LogP) is 5.70. The van der Waals surface area contributed by atoms with Gasteiger partial charge in [-0.3, -0.25) is 9.52 Å². The molecule has 1 aliphatic carbocycles. The molecule has 1 atom stereocenters. The zero-order valence-corrected chi connectivity index (χ0v) is 21.0. The summed E-state index contributed by atoms with van der Waals surface area (Å²) >= 11 is 0. The second kappa shape index (κ2) is 8.24. The summed E-state index contributed by atoms with van der Waals surface area (Å²) in [6.45, 7) is 8.42. The van der Waals surface area contributed by atoms with Gasteiger partial charge in [-0.2, -0.15) is 0 Å². The first-order chi connectivity index (χ1) is 15.8. The molecule has 0 unspecified atom stereocenters. The van der Waals surface area contributed by atoms with E-state index in [1.54, 1.807) is 30.3 Å². The van der Waals surface area contributed by atoms with Gasteiger partial charge in [0.15, 0.2) is 5.78 Å². The Morgan fingerprint density at radius 2 is 1.76 bits per heavy atom. The molecule has 3 aromatic rings. The largest absolute Gasteiger partial charge is 0.506 e. The van der Waals surface area contributed by atoms with Crippen LogP contribution in [0.25, 0.3) is 22.2 Å². The lowest BCUT2D eigenvalue weighted by Gasteiger charge is -2.37. The Hall–Kier alpha value is -3.19. The summed E-state index contributed by atoms with van der Waals surface area (Å²) in [6.07, 6.45) is 2.59. The van der Waals surface area contributed by atoms with Crippen LogP contribution >= 0.6 is 0 Å². The third kappa shape index (κ3) is 4.57. The number of Topliss-reactive ketones (excluding diaryl/α,β-unsaturated/α-hetero) is 1. The number of benzene rings is 2. The number of rotatable bonds is 5. The van der Waals surface area contributed by atoms with Crippen LogP contribution in [0.2, 0.25) is 0 Å². The molecule has 6 nitrogen and oxygen atoms in total. The minimum Gasteiger partial charge on any atom is -0.506 e. The Morgan fingerprint density at radius 1 is 1.06 bits per heavy atom. The highest BCUT2D eigenvalue weighted by atomic mass is 32.2. The van der Waals surface area contributed by atoms with Crippen molar-refractivity contribution in [2.24, 2.45) is 5.41 Å². The molecule has 7 heteroatoms. The molecule has 1 aromatic heterocycles. The number of nitrogens with one attached hydrogen (secondary N) is 1. The molecule has 2 aromatic carbocycles. The van der Waals surface area contributed by atoms with Crippen LogP contribution in [0, 0.1) is 5.41 Å². The minimum atomic E-state index is -3.40. The van der Waals surface area contributed by atoms with Gasteiger partial charge in [-0.25, -0.2) is 13.4 Å². The van der Waals surface area contributed by atoms with Crippen molar-refractivity contribution in [3.63, 3.8) is 0 Å². The maximum absolute atomic E-state index is 14.0. The van der Waals surface area contributed by atoms with E-state index in [0.717, 1.165) is 23.6 Å². The number of carbonyl (C=O) groups excluding carboxylic acids is 1. The monoisotopic (exact) mass is 478 g/mol. The Balaban J connectivity index is 1.82. The van der Waals surface area contributed by atoms with Crippen molar-refractivity contribution >= 4 is 43.7 Å². The molecule has 0 amide bonds. The van der Waals surface area contributed by atoms with Gasteiger partial charge in [0.1, 0.15) is 5.76 Å². The number of aromatic nitrogens is 1. The van der Waals surface area contributed by atoms with Crippen molar-refractivity contribution in [2.75, 3.05) is 11.0 Å². The Labute approximate surface area is 200 Å². The molecular formula is C27H30N2O4S. The van der Waals surface area contributed by atoms with Gasteiger partial charge in [-0.15, -0.1) is 0 Å². The number of pyridine rings is 1. The standard InChI is InChI=1S/C27H30N2O4S/c1-26(2,3)14-15-27(4)20-9-7-6-8-19(20)24(30)23(25(27)31)22-12-10-17-16-18(29-34(5,32)33)11-13-21(17)28-22/h6-13,16,29-30H,14-15H2,1-5H3/t27-/m1/s1. The first kappa shape index (κ1) is 24.0. The van der Waals surface area contributed by atoms with E-state index in [0.29, 0.717) is 28.9 Å². The predicted molar refractivity (Wildman–Crippen MR) is 137 cm³/mol. The molecule has 178 valence electrons. The Bertz CT molecular complexity index is 1430. The zero-order chi connectivity index (χ0) is 24.9. The Kier molecular flexibility index (Phi) is 5.80. The number of carbonyl (C=O) groups is 1. The summed E-state index contributed by atoms with van der Waals surface area (Å²) in [5, 5.41) is 11.9. The van der Waals surface area contributed by atoms with Gasteiger partial charge in [0, 0.05) is 16.6 Å². The molecule has 1 aliphatic rings. The maximum atomic E-state index is 14.0. The molecule has 0 bridgehead atoms. The lowest BCUT2D eigenvalue weighted by Crippen LogP contribution is -2.38. The smallest absolute Gasteiger partial charge is 0.229 e. The quantitative estimate of drug-likeness (QED) is 0.490. The number of anilines is 1. The number of allylic oxidation sites excluding steroid dienone is 1. The highest BCUT2D eigenvalue weighted by Gasteiger charge is 2.45.